The highest BCUT2D eigenvalue weighted by Gasteiger charge is 2.24. The van der Waals surface area contributed by atoms with Crippen LogP contribution in [0.4, 0.5) is 5.69 Å². The molecule has 2 rings (SSSR count). The molecule has 1 heterocycles. The van der Waals surface area contributed by atoms with Crippen molar-refractivity contribution in [2.45, 2.75) is 19.4 Å². The van der Waals surface area contributed by atoms with Crippen LogP contribution in [-0.2, 0) is 9.53 Å². The molecule has 0 radical (unpaired) electrons. The maximum atomic E-state index is 10.8. The highest BCUT2D eigenvalue weighted by molar-refractivity contribution is 5.66. The molecule has 0 spiro atoms. The molecule has 15 heavy (non-hydrogen) atoms. The second-order valence-corrected chi connectivity index (χ2v) is 3.80. The number of anilines is 1. The van der Waals surface area contributed by atoms with E-state index in [9.17, 15) is 4.79 Å². The van der Waals surface area contributed by atoms with E-state index in [4.69, 9.17) is 4.74 Å². The summed E-state index contributed by atoms with van der Waals surface area (Å²) in [7, 11) is 0. The monoisotopic (exact) mass is 205 g/mol. The Balaban J connectivity index is 1.96. The Morgan fingerprint density at radius 2 is 2.13 bits per heavy atom. The number of para-hydroxylation sites is 1. The third-order valence-electron chi connectivity index (χ3n) is 2.60. The summed E-state index contributed by atoms with van der Waals surface area (Å²) in [4.78, 5) is 13.0. The van der Waals surface area contributed by atoms with Crippen LogP contribution < -0.4 is 4.90 Å². The van der Waals surface area contributed by atoms with Crippen LogP contribution in [0.5, 0.6) is 0 Å². The Kier molecular flexibility index (Phi) is 2.90. The van der Waals surface area contributed by atoms with Crippen molar-refractivity contribution >= 4 is 11.7 Å². The van der Waals surface area contributed by atoms with E-state index in [1.807, 2.05) is 18.2 Å². The van der Waals surface area contributed by atoms with Crippen LogP contribution >= 0.6 is 0 Å². The second-order valence-electron chi connectivity index (χ2n) is 3.80. The van der Waals surface area contributed by atoms with Crippen LogP contribution in [0.25, 0.3) is 0 Å². The molecule has 0 unspecified atom stereocenters. The van der Waals surface area contributed by atoms with Crippen molar-refractivity contribution in [1.29, 1.82) is 0 Å². The van der Waals surface area contributed by atoms with E-state index < -0.39 is 0 Å². The zero-order chi connectivity index (χ0) is 10.7. The molecule has 1 saturated heterocycles. The number of carbonyl (C=O) groups excluding carboxylic acids is 1. The van der Waals surface area contributed by atoms with Gasteiger partial charge in [-0.1, -0.05) is 18.2 Å². The average molecular weight is 205 g/mol. The van der Waals surface area contributed by atoms with Gasteiger partial charge in [-0.05, 0) is 12.1 Å². The van der Waals surface area contributed by atoms with Gasteiger partial charge in [-0.25, -0.2) is 0 Å². The van der Waals surface area contributed by atoms with Gasteiger partial charge in [0.15, 0.2) is 0 Å². The van der Waals surface area contributed by atoms with Gasteiger partial charge in [-0.15, -0.1) is 0 Å². The number of rotatable bonds is 2. The highest BCUT2D eigenvalue weighted by atomic mass is 16.5. The third kappa shape index (κ3) is 2.49. The van der Waals surface area contributed by atoms with Gasteiger partial charge in [-0.2, -0.15) is 0 Å². The number of ether oxygens (including phenoxy) is 1. The molecule has 0 amide bonds. The summed E-state index contributed by atoms with van der Waals surface area (Å²) in [5.41, 5.74) is 1.20. The van der Waals surface area contributed by atoms with Crippen LogP contribution in [0.15, 0.2) is 30.3 Å². The summed E-state index contributed by atoms with van der Waals surface area (Å²) in [6.45, 7) is 3.23. The average Bonchev–Trinajstić information content (AvgIpc) is 2.67. The first-order valence-corrected chi connectivity index (χ1v) is 5.23. The minimum absolute atomic E-state index is 0.0581. The Morgan fingerprint density at radius 3 is 2.80 bits per heavy atom. The standard InChI is InChI=1S/C12H15NO2/c1-10(14)15-12-7-8-13(9-12)11-5-3-2-4-6-11/h2-6,12H,7-9H2,1H3/t12-/m1/s1. The fourth-order valence-corrected chi connectivity index (χ4v) is 1.93. The van der Waals surface area contributed by atoms with Crippen LogP contribution in [0, 0.1) is 0 Å². The Hall–Kier alpha value is -1.51. The molecule has 3 heteroatoms. The fourth-order valence-electron chi connectivity index (χ4n) is 1.93. The van der Waals surface area contributed by atoms with E-state index in [1.54, 1.807) is 0 Å². The second kappa shape index (κ2) is 4.34. The van der Waals surface area contributed by atoms with Crippen LogP contribution in [0.1, 0.15) is 13.3 Å². The van der Waals surface area contributed by atoms with Gasteiger partial charge >= 0.3 is 5.97 Å². The quantitative estimate of drug-likeness (QED) is 0.690. The van der Waals surface area contributed by atoms with Crippen LogP contribution in [0.2, 0.25) is 0 Å². The summed E-state index contributed by atoms with van der Waals surface area (Å²) in [6, 6.07) is 10.2. The number of nitrogens with zero attached hydrogens (tertiary/aromatic N) is 1. The summed E-state index contributed by atoms with van der Waals surface area (Å²) < 4.78 is 5.18. The maximum absolute atomic E-state index is 10.8. The van der Waals surface area contributed by atoms with Gasteiger partial charge in [0.2, 0.25) is 0 Å². The van der Waals surface area contributed by atoms with Gasteiger partial charge in [-0.3, -0.25) is 4.79 Å². The zero-order valence-corrected chi connectivity index (χ0v) is 8.85. The van der Waals surface area contributed by atoms with Crippen molar-refractivity contribution < 1.29 is 9.53 Å². The van der Waals surface area contributed by atoms with E-state index in [1.165, 1.54) is 12.6 Å². The summed E-state index contributed by atoms with van der Waals surface area (Å²) in [5, 5.41) is 0. The molecular weight excluding hydrogens is 190 g/mol. The van der Waals surface area contributed by atoms with Crippen LogP contribution in [-0.4, -0.2) is 25.2 Å². The lowest BCUT2D eigenvalue weighted by Crippen LogP contribution is -2.23. The maximum Gasteiger partial charge on any atom is 0.302 e. The van der Waals surface area contributed by atoms with E-state index >= 15 is 0 Å². The first-order valence-electron chi connectivity index (χ1n) is 5.23. The predicted octanol–water partition coefficient (Wildman–Crippen LogP) is 1.83. The molecule has 3 nitrogen and oxygen atoms in total. The zero-order valence-electron chi connectivity index (χ0n) is 8.85. The van der Waals surface area contributed by atoms with Gasteiger partial charge in [0.05, 0.1) is 6.54 Å². The topological polar surface area (TPSA) is 29.5 Å². The summed E-state index contributed by atoms with van der Waals surface area (Å²) >= 11 is 0. The van der Waals surface area contributed by atoms with Crippen molar-refractivity contribution in [1.82, 2.24) is 0 Å². The summed E-state index contributed by atoms with van der Waals surface area (Å²) in [6.07, 6.45) is 0.983. The van der Waals surface area contributed by atoms with Gasteiger partial charge in [0.25, 0.3) is 0 Å². The Morgan fingerprint density at radius 1 is 1.40 bits per heavy atom. The number of esters is 1. The van der Waals surface area contributed by atoms with Gasteiger partial charge in [0, 0.05) is 25.6 Å². The van der Waals surface area contributed by atoms with E-state index in [2.05, 4.69) is 17.0 Å². The van der Waals surface area contributed by atoms with Crippen molar-refractivity contribution in [3.63, 3.8) is 0 Å². The molecular formula is C12H15NO2. The molecule has 0 aromatic heterocycles. The largest absolute Gasteiger partial charge is 0.461 e. The lowest BCUT2D eigenvalue weighted by atomic mass is 10.3. The first kappa shape index (κ1) is 10.0. The highest BCUT2D eigenvalue weighted by Crippen LogP contribution is 2.21. The van der Waals surface area contributed by atoms with E-state index in [0.29, 0.717) is 0 Å². The molecule has 0 aliphatic carbocycles. The molecule has 1 aromatic carbocycles. The van der Waals surface area contributed by atoms with Gasteiger partial charge < -0.3 is 9.64 Å². The van der Waals surface area contributed by atoms with Crippen molar-refractivity contribution in [2.75, 3.05) is 18.0 Å². The molecule has 1 aliphatic rings. The normalized spacial score (nSPS) is 20.3. The SMILES string of the molecule is CC(=O)O[C@@H]1CCN(c2ccccc2)C1. The minimum Gasteiger partial charge on any atom is -0.461 e. The lowest BCUT2D eigenvalue weighted by Gasteiger charge is -2.18. The smallest absolute Gasteiger partial charge is 0.302 e. The lowest BCUT2D eigenvalue weighted by molar-refractivity contribution is -0.145. The van der Waals surface area contributed by atoms with Crippen molar-refractivity contribution in [2.24, 2.45) is 0 Å². The minimum atomic E-state index is -0.185. The van der Waals surface area contributed by atoms with E-state index in [0.717, 1.165) is 19.5 Å². The molecule has 1 aliphatic heterocycles. The van der Waals surface area contributed by atoms with Crippen molar-refractivity contribution in [3.8, 4) is 0 Å². The number of hydrogen-bond donors (Lipinski definition) is 0. The Bertz CT molecular complexity index is 337. The number of hydrogen-bond acceptors (Lipinski definition) is 3. The molecule has 0 bridgehead atoms. The van der Waals surface area contributed by atoms with Gasteiger partial charge in [0.1, 0.15) is 6.10 Å². The molecule has 1 aromatic rings. The van der Waals surface area contributed by atoms with Crippen molar-refractivity contribution in [3.05, 3.63) is 30.3 Å². The molecule has 0 saturated carbocycles. The first-order chi connectivity index (χ1) is 7.25. The van der Waals surface area contributed by atoms with E-state index in [-0.39, 0.29) is 12.1 Å². The molecule has 0 N–H and O–H groups in total. The molecule has 1 fully saturated rings. The number of carbonyl (C=O) groups is 1. The van der Waals surface area contributed by atoms with Crippen LogP contribution in [0.3, 0.4) is 0 Å². The summed E-state index contributed by atoms with van der Waals surface area (Å²) in [5.74, 6) is -0.185. The fraction of sp³-hybridized carbons (Fsp3) is 0.417. The Labute approximate surface area is 89.7 Å². The molecule has 80 valence electrons. The third-order valence-corrected chi connectivity index (χ3v) is 2.60. The number of benzene rings is 1. The molecule has 1 atom stereocenters. The predicted molar refractivity (Wildman–Crippen MR) is 58.8 cm³/mol.